The summed E-state index contributed by atoms with van der Waals surface area (Å²) in [5, 5.41) is 13.5. The Kier molecular flexibility index (Phi) is 9.19. The van der Waals surface area contributed by atoms with Crippen LogP contribution in [0.15, 0.2) is 12.2 Å². The SMILES string of the molecule is CCC[C@H](N)C(=O)NC(CNC(=O)/C=C/C(=O)OC)C(=O)O. The maximum absolute atomic E-state index is 11.7. The van der Waals surface area contributed by atoms with Crippen LogP contribution >= 0.6 is 0 Å². The standard InChI is InChI=1S/C13H21N3O6/c1-3-4-8(14)12(19)16-9(13(20)21)7-15-10(17)5-6-11(18)22-2/h5-6,8-9H,3-4,7,14H2,1-2H3,(H,15,17)(H,16,19)(H,20,21)/b6-5+/t8-,9?/m0/s1. The third kappa shape index (κ3) is 8.00. The van der Waals surface area contributed by atoms with Crippen LogP contribution < -0.4 is 16.4 Å². The summed E-state index contributed by atoms with van der Waals surface area (Å²) in [5.41, 5.74) is 5.57. The van der Waals surface area contributed by atoms with Crippen molar-refractivity contribution in [3.8, 4) is 0 Å². The fourth-order valence-corrected chi connectivity index (χ4v) is 1.39. The first-order valence-corrected chi connectivity index (χ1v) is 6.64. The Morgan fingerprint density at radius 1 is 1.27 bits per heavy atom. The van der Waals surface area contributed by atoms with E-state index in [-0.39, 0.29) is 6.54 Å². The van der Waals surface area contributed by atoms with Crippen LogP contribution in [-0.4, -0.2) is 54.6 Å². The summed E-state index contributed by atoms with van der Waals surface area (Å²) in [6, 6.07) is -2.12. The number of methoxy groups -OCH3 is 1. The molecule has 0 rings (SSSR count). The summed E-state index contributed by atoms with van der Waals surface area (Å²) < 4.78 is 4.30. The Balaban J connectivity index is 4.45. The van der Waals surface area contributed by atoms with Gasteiger partial charge in [-0.1, -0.05) is 13.3 Å². The van der Waals surface area contributed by atoms with Crippen LogP contribution in [0.25, 0.3) is 0 Å². The summed E-state index contributed by atoms with van der Waals surface area (Å²) in [7, 11) is 1.15. The van der Waals surface area contributed by atoms with Crippen LogP contribution in [-0.2, 0) is 23.9 Å². The number of ether oxygens (including phenoxy) is 1. The zero-order valence-corrected chi connectivity index (χ0v) is 12.5. The highest BCUT2D eigenvalue weighted by Gasteiger charge is 2.23. The molecule has 0 aliphatic heterocycles. The summed E-state index contributed by atoms with van der Waals surface area (Å²) in [6.45, 7) is 1.50. The number of rotatable bonds is 9. The highest BCUT2D eigenvalue weighted by molar-refractivity contribution is 5.95. The molecular weight excluding hydrogens is 294 g/mol. The summed E-state index contributed by atoms with van der Waals surface area (Å²) in [6.07, 6.45) is 2.89. The molecule has 5 N–H and O–H groups in total. The zero-order valence-electron chi connectivity index (χ0n) is 12.5. The van der Waals surface area contributed by atoms with Crippen molar-refractivity contribution in [2.45, 2.75) is 31.8 Å². The number of aliphatic carboxylic acids is 1. The normalized spacial score (nSPS) is 13.2. The summed E-state index contributed by atoms with van der Waals surface area (Å²) >= 11 is 0. The van der Waals surface area contributed by atoms with E-state index in [0.29, 0.717) is 12.8 Å². The lowest BCUT2D eigenvalue weighted by Gasteiger charge is -2.17. The Morgan fingerprint density at radius 3 is 2.41 bits per heavy atom. The number of hydrogen-bond donors (Lipinski definition) is 4. The second-order valence-electron chi connectivity index (χ2n) is 4.40. The molecule has 0 spiro atoms. The van der Waals surface area contributed by atoms with Crippen molar-refractivity contribution in [2.75, 3.05) is 13.7 Å². The van der Waals surface area contributed by atoms with E-state index in [4.69, 9.17) is 10.8 Å². The van der Waals surface area contributed by atoms with E-state index < -0.39 is 35.8 Å². The van der Waals surface area contributed by atoms with Gasteiger partial charge in [-0.2, -0.15) is 0 Å². The molecule has 0 aromatic heterocycles. The van der Waals surface area contributed by atoms with Gasteiger partial charge in [0.1, 0.15) is 6.04 Å². The van der Waals surface area contributed by atoms with Crippen molar-refractivity contribution in [1.82, 2.24) is 10.6 Å². The van der Waals surface area contributed by atoms with Crippen molar-refractivity contribution in [3.63, 3.8) is 0 Å². The van der Waals surface area contributed by atoms with E-state index in [0.717, 1.165) is 19.3 Å². The van der Waals surface area contributed by atoms with Crippen LogP contribution in [0.2, 0.25) is 0 Å². The minimum atomic E-state index is -1.31. The molecule has 2 amide bonds. The molecule has 9 heteroatoms. The maximum Gasteiger partial charge on any atom is 0.330 e. The second kappa shape index (κ2) is 10.3. The molecule has 124 valence electrons. The third-order valence-corrected chi connectivity index (χ3v) is 2.60. The van der Waals surface area contributed by atoms with Gasteiger partial charge in [-0.05, 0) is 6.42 Å². The molecule has 9 nitrogen and oxygen atoms in total. The van der Waals surface area contributed by atoms with Crippen molar-refractivity contribution in [1.29, 1.82) is 0 Å². The molecule has 0 radical (unpaired) electrons. The fourth-order valence-electron chi connectivity index (χ4n) is 1.39. The van der Waals surface area contributed by atoms with E-state index in [1.807, 2.05) is 6.92 Å². The Bertz CT molecular complexity index is 449. The molecule has 2 atom stereocenters. The molecule has 0 heterocycles. The number of nitrogens with two attached hydrogens (primary N) is 1. The third-order valence-electron chi connectivity index (χ3n) is 2.60. The van der Waals surface area contributed by atoms with E-state index >= 15 is 0 Å². The van der Waals surface area contributed by atoms with Crippen molar-refractivity contribution in [2.24, 2.45) is 5.73 Å². The molecule has 1 unspecified atom stereocenters. The predicted octanol–water partition coefficient (Wildman–Crippen LogP) is -1.47. The van der Waals surface area contributed by atoms with Gasteiger partial charge in [0.15, 0.2) is 0 Å². The molecule has 0 aliphatic carbocycles. The molecule has 0 aromatic carbocycles. The van der Waals surface area contributed by atoms with Gasteiger partial charge in [0, 0.05) is 18.7 Å². The number of esters is 1. The number of carbonyl (C=O) groups excluding carboxylic acids is 3. The number of carbonyl (C=O) groups is 4. The molecule has 0 fully saturated rings. The van der Waals surface area contributed by atoms with E-state index in [9.17, 15) is 19.2 Å². The Morgan fingerprint density at radius 2 is 1.91 bits per heavy atom. The van der Waals surface area contributed by atoms with Crippen molar-refractivity contribution >= 4 is 23.8 Å². The van der Waals surface area contributed by atoms with Gasteiger partial charge in [-0.25, -0.2) is 9.59 Å². The average Bonchev–Trinajstić information content (AvgIpc) is 2.48. The quantitative estimate of drug-likeness (QED) is 0.300. The highest BCUT2D eigenvalue weighted by Crippen LogP contribution is 1.94. The van der Waals surface area contributed by atoms with E-state index in [1.54, 1.807) is 0 Å². The topological polar surface area (TPSA) is 148 Å². The lowest BCUT2D eigenvalue weighted by molar-refractivity contribution is -0.142. The molecule has 0 saturated carbocycles. The average molecular weight is 315 g/mol. The second-order valence-corrected chi connectivity index (χ2v) is 4.40. The molecule has 0 aromatic rings. The minimum absolute atomic E-state index is 0.343. The molecule has 22 heavy (non-hydrogen) atoms. The van der Waals surface area contributed by atoms with E-state index in [1.165, 1.54) is 0 Å². The number of nitrogens with one attached hydrogen (secondary N) is 2. The van der Waals surface area contributed by atoms with Gasteiger partial charge in [-0.15, -0.1) is 0 Å². The first kappa shape index (κ1) is 19.6. The summed E-state index contributed by atoms with van der Waals surface area (Å²) in [4.78, 5) is 44.9. The molecule has 0 bridgehead atoms. The molecule has 0 aliphatic rings. The zero-order chi connectivity index (χ0) is 17.1. The molecular formula is C13H21N3O6. The largest absolute Gasteiger partial charge is 0.480 e. The number of carboxylic acids is 1. The van der Waals surface area contributed by atoms with Gasteiger partial charge in [0.25, 0.3) is 0 Å². The van der Waals surface area contributed by atoms with Crippen molar-refractivity contribution in [3.05, 3.63) is 12.2 Å². The number of amides is 2. The lowest BCUT2D eigenvalue weighted by Crippen LogP contribution is -2.52. The first-order chi connectivity index (χ1) is 10.3. The van der Waals surface area contributed by atoms with Gasteiger partial charge in [0.05, 0.1) is 13.2 Å². The highest BCUT2D eigenvalue weighted by atomic mass is 16.5. The first-order valence-electron chi connectivity index (χ1n) is 6.64. The fraction of sp³-hybridized carbons (Fsp3) is 0.538. The van der Waals surface area contributed by atoms with E-state index in [2.05, 4.69) is 15.4 Å². The molecule has 0 saturated heterocycles. The lowest BCUT2D eigenvalue weighted by atomic mass is 10.1. The van der Waals surface area contributed by atoms with Gasteiger partial charge >= 0.3 is 11.9 Å². The van der Waals surface area contributed by atoms with Crippen LogP contribution in [0.4, 0.5) is 0 Å². The van der Waals surface area contributed by atoms with Gasteiger partial charge in [-0.3, -0.25) is 9.59 Å². The van der Waals surface area contributed by atoms with Crippen LogP contribution in [0.5, 0.6) is 0 Å². The predicted molar refractivity (Wildman–Crippen MR) is 76.6 cm³/mol. The van der Waals surface area contributed by atoms with Crippen LogP contribution in [0.3, 0.4) is 0 Å². The minimum Gasteiger partial charge on any atom is -0.480 e. The smallest absolute Gasteiger partial charge is 0.330 e. The van der Waals surface area contributed by atoms with Crippen LogP contribution in [0.1, 0.15) is 19.8 Å². The van der Waals surface area contributed by atoms with Gasteiger partial charge in [0.2, 0.25) is 11.8 Å². The number of carboxylic acid groups (broad SMARTS) is 1. The van der Waals surface area contributed by atoms with Gasteiger partial charge < -0.3 is 26.2 Å². The Labute approximate surface area is 127 Å². The Hall–Kier alpha value is -2.42. The maximum atomic E-state index is 11.7. The summed E-state index contributed by atoms with van der Waals surface area (Å²) in [5.74, 6) is -3.32. The monoisotopic (exact) mass is 315 g/mol. The van der Waals surface area contributed by atoms with Crippen molar-refractivity contribution < 1.29 is 29.0 Å². The van der Waals surface area contributed by atoms with Crippen LogP contribution in [0, 0.1) is 0 Å². The number of hydrogen-bond acceptors (Lipinski definition) is 6.